The van der Waals surface area contributed by atoms with E-state index in [1.165, 1.54) is 33.3 Å². The Balaban J connectivity index is 1.89. The van der Waals surface area contributed by atoms with Crippen LogP contribution in [-0.4, -0.2) is 19.7 Å². The highest BCUT2D eigenvalue weighted by Crippen LogP contribution is 2.32. The van der Waals surface area contributed by atoms with E-state index in [4.69, 9.17) is 5.10 Å². The molecule has 0 radical (unpaired) electrons. The molecule has 0 aliphatic rings. The molecular formula is C20H20N4. The second kappa shape index (κ2) is 5.64. The second-order valence-corrected chi connectivity index (χ2v) is 6.30. The van der Waals surface area contributed by atoms with Crippen LogP contribution >= 0.6 is 0 Å². The van der Waals surface area contributed by atoms with Crippen molar-refractivity contribution in [3.05, 3.63) is 71.4 Å². The van der Waals surface area contributed by atoms with E-state index >= 15 is 0 Å². The highest BCUT2D eigenvalue weighted by Gasteiger charge is 2.15. The van der Waals surface area contributed by atoms with Crippen LogP contribution in [0.1, 0.15) is 22.6 Å². The van der Waals surface area contributed by atoms with Crippen LogP contribution in [0.25, 0.3) is 22.0 Å². The lowest BCUT2D eigenvalue weighted by molar-refractivity contribution is 0.727. The first kappa shape index (κ1) is 14.7. The van der Waals surface area contributed by atoms with E-state index in [-0.39, 0.29) is 0 Å². The minimum atomic E-state index is 0.746. The van der Waals surface area contributed by atoms with Gasteiger partial charge in [-0.15, -0.1) is 0 Å². The standard InChI is InChI=1S/C20H20N4/c1-13-7-8-15(14(2)11-13)16-5-4-6-17-18(24(3)23-20(16)17)12-19-21-9-10-22-19/h4-11H,12H2,1-3H3,(H,21,22). The van der Waals surface area contributed by atoms with Gasteiger partial charge >= 0.3 is 0 Å². The SMILES string of the molecule is Cc1ccc(-c2cccc3c(Cc4ncc[nH]4)n(C)nc23)c(C)c1. The number of hydrogen-bond donors (Lipinski definition) is 1. The molecule has 4 aromatic rings. The molecule has 0 amide bonds. The van der Waals surface area contributed by atoms with E-state index in [0.29, 0.717) is 0 Å². The number of benzene rings is 2. The normalized spacial score (nSPS) is 11.3. The third-order valence-electron chi connectivity index (χ3n) is 4.55. The summed E-state index contributed by atoms with van der Waals surface area (Å²) in [5.41, 5.74) is 7.21. The number of imidazole rings is 1. The van der Waals surface area contributed by atoms with Crippen molar-refractivity contribution in [3.8, 4) is 11.1 Å². The lowest BCUT2D eigenvalue weighted by atomic mass is 9.96. The van der Waals surface area contributed by atoms with Crippen LogP contribution in [0.15, 0.2) is 48.8 Å². The summed E-state index contributed by atoms with van der Waals surface area (Å²) in [6.07, 6.45) is 4.39. The van der Waals surface area contributed by atoms with E-state index in [0.717, 1.165) is 17.8 Å². The fraction of sp³-hybridized carbons (Fsp3) is 0.200. The van der Waals surface area contributed by atoms with Crippen LogP contribution in [0.4, 0.5) is 0 Å². The van der Waals surface area contributed by atoms with Gasteiger partial charge in [0.2, 0.25) is 0 Å². The maximum absolute atomic E-state index is 4.81. The quantitative estimate of drug-likeness (QED) is 0.616. The van der Waals surface area contributed by atoms with Crippen molar-refractivity contribution in [2.75, 3.05) is 0 Å². The number of aromatic amines is 1. The maximum Gasteiger partial charge on any atom is 0.112 e. The van der Waals surface area contributed by atoms with Crippen molar-refractivity contribution >= 4 is 10.9 Å². The summed E-state index contributed by atoms with van der Waals surface area (Å²) in [6.45, 7) is 4.29. The second-order valence-electron chi connectivity index (χ2n) is 6.30. The summed E-state index contributed by atoms with van der Waals surface area (Å²) < 4.78 is 1.97. The summed E-state index contributed by atoms with van der Waals surface area (Å²) in [4.78, 5) is 7.52. The molecule has 0 saturated carbocycles. The molecule has 0 fully saturated rings. The average molecular weight is 316 g/mol. The monoisotopic (exact) mass is 316 g/mol. The average Bonchev–Trinajstić information content (AvgIpc) is 3.17. The molecule has 4 nitrogen and oxygen atoms in total. The first-order valence-electron chi connectivity index (χ1n) is 8.14. The smallest absolute Gasteiger partial charge is 0.112 e. The van der Waals surface area contributed by atoms with Crippen molar-refractivity contribution in [1.29, 1.82) is 0 Å². The molecule has 120 valence electrons. The van der Waals surface area contributed by atoms with Gasteiger partial charge in [0.1, 0.15) is 11.3 Å². The Morgan fingerprint density at radius 2 is 1.96 bits per heavy atom. The number of hydrogen-bond acceptors (Lipinski definition) is 2. The summed E-state index contributed by atoms with van der Waals surface area (Å²) in [5, 5.41) is 5.99. The third kappa shape index (κ3) is 2.40. The Bertz CT molecular complexity index is 1010. The van der Waals surface area contributed by atoms with Gasteiger partial charge in [-0.3, -0.25) is 4.68 Å². The molecule has 24 heavy (non-hydrogen) atoms. The van der Waals surface area contributed by atoms with Crippen LogP contribution in [-0.2, 0) is 13.5 Å². The third-order valence-corrected chi connectivity index (χ3v) is 4.55. The van der Waals surface area contributed by atoms with E-state index in [2.05, 4.69) is 60.2 Å². The number of nitrogens with one attached hydrogen (secondary N) is 1. The molecule has 0 aliphatic carbocycles. The van der Waals surface area contributed by atoms with E-state index < -0.39 is 0 Å². The Labute approximate surface area is 141 Å². The number of aromatic nitrogens is 4. The van der Waals surface area contributed by atoms with E-state index in [9.17, 15) is 0 Å². The fourth-order valence-electron chi connectivity index (χ4n) is 3.36. The van der Waals surface area contributed by atoms with Crippen molar-refractivity contribution in [3.63, 3.8) is 0 Å². The minimum absolute atomic E-state index is 0.746. The van der Waals surface area contributed by atoms with E-state index in [1.54, 1.807) is 6.20 Å². The zero-order valence-electron chi connectivity index (χ0n) is 14.2. The summed E-state index contributed by atoms with van der Waals surface area (Å²) in [5.74, 6) is 0.955. The zero-order chi connectivity index (χ0) is 16.7. The summed E-state index contributed by atoms with van der Waals surface area (Å²) in [6, 6.07) is 13.0. The van der Waals surface area contributed by atoms with Crippen LogP contribution in [0, 0.1) is 13.8 Å². The predicted molar refractivity (Wildman–Crippen MR) is 97.0 cm³/mol. The molecule has 0 saturated heterocycles. The van der Waals surface area contributed by atoms with Crippen molar-refractivity contribution in [2.24, 2.45) is 7.05 Å². The molecule has 4 rings (SSSR count). The van der Waals surface area contributed by atoms with Gasteiger partial charge in [0.05, 0.1) is 5.69 Å². The molecular weight excluding hydrogens is 296 g/mol. The van der Waals surface area contributed by atoms with Crippen LogP contribution in [0.3, 0.4) is 0 Å². The van der Waals surface area contributed by atoms with Crippen molar-refractivity contribution in [2.45, 2.75) is 20.3 Å². The first-order valence-corrected chi connectivity index (χ1v) is 8.14. The fourth-order valence-corrected chi connectivity index (χ4v) is 3.36. The summed E-state index contributed by atoms with van der Waals surface area (Å²) >= 11 is 0. The van der Waals surface area contributed by atoms with Gasteiger partial charge in [0.15, 0.2) is 0 Å². The molecule has 2 aromatic heterocycles. The largest absolute Gasteiger partial charge is 0.348 e. The van der Waals surface area contributed by atoms with Crippen LogP contribution in [0.2, 0.25) is 0 Å². The highest BCUT2D eigenvalue weighted by molar-refractivity contribution is 5.96. The minimum Gasteiger partial charge on any atom is -0.348 e. The molecule has 0 unspecified atom stereocenters. The Morgan fingerprint density at radius 3 is 2.71 bits per heavy atom. The molecule has 2 heterocycles. The number of rotatable bonds is 3. The number of H-pyrrole nitrogens is 1. The van der Waals surface area contributed by atoms with Gasteiger partial charge in [0.25, 0.3) is 0 Å². The van der Waals surface area contributed by atoms with Crippen molar-refractivity contribution < 1.29 is 0 Å². The maximum atomic E-state index is 4.81. The van der Waals surface area contributed by atoms with Crippen LogP contribution in [0.5, 0.6) is 0 Å². The Kier molecular flexibility index (Phi) is 3.45. The number of nitrogens with zero attached hydrogens (tertiary/aromatic N) is 3. The molecule has 2 aromatic carbocycles. The van der Waals surface area contributed by atoms with Gasteiger partial charge in [-0.05, 0) is 25.0 Å². The summed E-state index contributed by atoms with van der Waals surface area (Å²) in [7, 11) is 2.00. The van der Waals surface area contributed by atoms with Gasteiger partial charge in [-0.1, -0.05) is 42.0 Å². The van der Waals surface area contributed by atoms with Crippen LogP contribution < -0.4 is 0 Å². The molecule has 0 aliphatic heterocycles. The van der Waals surface area contributed by atoms with Crippen molar-refractivity contribution in [1.82, 2.24) is 19.7 Å². The molecule has 0 bridgehead atoms. The Hall–Kier alpha value is -2.88. The Morgan fingerprint density at radius 1 is 1.08 bits per heavy atom. The molecule has 4 heteroatoms. The number of aryl methyl sites for hydroxylation is 3. The lowest BCUT2D eigenvalue weighted by Crippen LogP contribution is -2.00. The highest BCUT2D eigenvalue weighted by atomic mass is 15.3. The van der Waals surface area contributed by atoms with Gasteiger partial charge in [-0.25, -0.2) is 4.98 Å². The predicted octanol–water partition coefficient (Wildman–Crippen LogP) is 4.17. The van der Waals surface area contributed by atoms with E-state index in [1.807, 2.05) is 17.9 Å². The topological polar surface area (TPSA) is 46.5 Å². The first-order chi connectivity index (χ1) is 11.6. The lowest BCUT2D eigenvalue weighted by Gasteiger charge is -2.08. The number of fused-ring (bicyclic) bond motifs is 1. The molecule has 0 atom stereocenters. The van der Waals surface area contributed by atoms with Gasteiger partial charge < -0.3 is 4.98 Å². The molecule has 1 N–H and O–H groups in total. The van der Waals surface area contributed by atoms with Gasteiger partial charge in [0, 0.05) is 36.8 Å². The zero-order valence-corrected chi connectivity index (χ0v) is 14.2. The molecule has 0 spiro atoms. The van der Waals surface area contributed by atoms with Gasteiger partial charge in [-0.2, -0.15) is 5.10 Å².